The molecule has 1 aromatic heterocycles. The lowest BCUT2D eigenvalue weighted by atomic mass is 9.87. The first kappa shape index (κ1) is 14.3. The first-order valence-corrected chi connectivity index (χ1v) is 6.72. The van der Waals surface area contributed by atoms with Crippen LogP contribution in [0.1, 0.15) is 24.7 Å². The lowest BCUT2D eigenvalue weighted by Gasteiger charge is -2.27. The first-order valence-electron chi connectivity index (χ1n) is 6.72. The molecule has 2 aromatic rings. The van der Waals surface area contributed by atoms with E-state index in [-0.39, 0.29) is 0 Å². The zero-order valence-electron chi connectivity index (χ0n) is 11.6. The van der Waals surface area contributed by atoms with Crippen LogP contribution in [0.3, 0.4) is 0 Å². The quantitative estimate of drug-likeness (QED) is 0.827. The van der Waals surface area contributed by atoms with Crippen LogP contribution in [-0.2, 0) is 23.3 Å². The smallest absolute Gasteiger partial charge is 0.242 e. The molecule has 0 bridgehead atoms. The molecule has 4 N–H and O–H groups in total. The maximum Gasteiger partial charge on any atom is 0.242 e. The molecule has 0 fully saturated rings. The lowest BCUT2D eigenvalue weighted by Crippen LogP contribution is -2.49. The summed E-state index contributed by atoms with van der Waals surface area (Å²) >= 11 is 0. The first-order chi connectivity index (χ1) is 9.58. The fraction of sp³-hybridized carbons (Fsp3) is 0.333. The maximum atomic E-state index is 11.8. The predicted octanol–water partition coefficient (Wildman–Crippen LogP) is 1.18. The van der Waals surface area contributed by atoms with Crippen molar-refractivity contribution < 1.29 is 4.79 Å². The van der Waals surface area contributed by atoms with Gasteiger partial charge in [0.15, 0.2) is 0 Å². The molecular formula is C15H20N4O. The van der Waals surface area contributed by atoms with E-state index in [0.717, 1.165) is 17.8 Å². The van der Waals surface area contributed by atoms with Gasteiger partial charge in [-0.25, -0.2) is 4.98 Å². The van der Waals surface area contributed by atoms with Crippen LogP contribution in [0.25, 0.3) is 0 Å². The van der Waals surface area contributed by atoms with Gasteiger partial charge in [-0.05, 0) is 12.0 Å². The van der Waals surface area contributed by atoms with Crippen LogP contribution in [0.15, 0.2) is 42.7 Å². The summed E-state index contributed by atoms with van der Waals surface area (Å²) in [6, 6.07) is 9.26. The highest BCUT2D eigenvalue weighted by Gasteiger charge is 2.33. The van der Waals surface area contributed by atoms with E-state index in [1.165, 1.54) is 0 Å². The summed E-state index contributed by atoms with van der Waals surface area (Å²) in [5.74, 6) is 0.465. The number of aryl methyl sites for hydroxylation is 2. The molecule has 1 aromatic carbocycles. The number of amides is 1. The van der Waals surface area contributed by atoms with Crippen LogP contribution < -0.4 is 11.5 Å². The highest BCUT2D eigenvalue weighted by atomic mass is 16.1. The lowest BCUT2D eigenvalue weighted by molar-refractivity contribution is -0.123. The zero-order chi connectivity index (χ0) is 14.6. The summed E-state index contributed by atoms with van der Waals surface area (Å²) in [7, 11) is 0. The van der Waals surface area contributed by atoms with Gasteiger partial charge >= 0.3 is 0 Å². The van der Waals surface area contributed by atoms with Gasteiger partial charge in [-0.15, -0.1) is 0 Å². The molecule has 0 saturated heterocycles. The number of hydrogen-bond acceptors (Lipinski definition) is 3. The molecule has 0 aliphatic carbocycles. The molecule has 0 aliphatic heterocycles. The average molecular weight is 272 g/mol. The molecule has 1 atom stereocenters. The molecule has 0 spiro atoms. The number of imidazole rings is 1. The Morgan fingerprint density at radius 3 is 2.65 bits per heavy atom. The number of rotatable bonds is 6. The molecule has 0 aliphatic rings. The second-order valence-corrected chi connectivity index (χ2v) is 4.84. The molecule has 1 unspecified atom stereocenters. The Morgan fingerprint density at radius 1 is 1.35 bits per heavy atom. The van der Waals surface area contributed by atoms with Crippen LogP contribution in [0.4, 0.5) is 0 Å². The van der Waals surface area contributed by atoms with E-state index in [9.17, 15) is 4.79 Å². The van der Waals surface area contributed by atoms with E-state index >= 15 is 0 Å². The molecule has 5 heteroatoms. The molecule has 2 rings (SSSR count). The number of benzene rings is 1. The van der Waals surface area contributed by atoms with E-state index in [0.29, 0.717) is 13.0 Å². The summed E-state index contributed by atoms with van der Waals surface area (Å²) in [5, 5.41) is 0. The summed E-state index contributed by atoms with van der Waals surface area (Å²) in [4.78, 5) is 16.1. The third-order valence-corrected chi connectivity index (χ3v) is 3.59. The van der Waals surface area contributed by atoms with E-state index in [2.05, 4.69) is 4.98 Å². The van der Waals surface area contributed by atoms with Crippen molar-refractivity contribution >= 4 is 5.91 Å². The Bertz CT molecular complexity index is 579. The third-order valence-electron chi connectivity index (χ3n) is 3.59. The van der Waals surface area contributed by atoms with Crippen LogP contribution in [-0.4, -0.2) is 15.5 Å². The molecule has 0 radical (unpaired) electrons. The number of nitrogens with zero attached hydrogens (tertiary/aromatic N) is 2. The largest absolute Gasteiger partial charge is 0.368 e. The monoisotopic (exact) mass is 272 g/mol. The third kappa shape index (κ3) is 2.72. The van der Waals surface area contributed by atoms with Crippen molar-refractivity contribution in [1.29, 1.82) is 0 Å². The van der Waals surface area contributed by atoms with E-state index < -0.39 is 11.4 Å². The van der Waals surface area contributed by atoms with Crippen molar-refractivity contribution in [1.82, 2.24) is 9.55 Å². The highest BCUT2D eigenvalue weighted by molar-refractivity contribution is 5.85. The average Bonchev–Trinajstić information content (AvgIpc) is 2.93. The minimum atomic E-state index is -1.16. The molecular weight excluding hydrogens is 252 g/mol. The van der Waals surface area contributed by atoms with Gasteiger partial charge in [0.25, 0.3) is 0 Å². The maximum absolute atomic E-state index is 11.8. The number of carbonyl (C=O) groups is 1. The fourth-order valence-electron chi connectivity index (χ4n) is 2.30. The van der Waals surface area contributed by atoms with Gasteiger partial charge in [-0.1, -0.05) is 37.3 Å². The van der Waals surface area contributed by atoms with Crippen molar-refractivity contribution in [3.63, 3.8) is 0 Å². The summed E-state index contributed by atoms with van der Waals surface area (Å²) in [5.41, 5.74) is 11.4. The van der Waals surface area contributed by atoms with E-state index in [1.54, 1.807) is 6.20 Å². The van der Waals surface area contributed by atoms with Crippen LogP contribution in [0.2, 0.25) is 0 Å². The van der Waals surface area contributed by atoms with Gasteiger partial charge in [0.05, 0.1) is 0 Å². The van der Waals surface area contributed by atoms with Crippen molar-refractivity contribution in [2.75, 3.05) is 0 Å². The van der Waals surface area contributed by atoms with Gasteiger partial charge < -0.3 is 16.0 Å². The molecule has 1 amide bonds. The number of carbonyl (C=O) groups excluding carboxylic acids is 1. The number of aromatic nitrogens is 2. The minimum Gasteiger partial charge on any atom is -0.368 e. The number of primary amides is 1. The molecule has 20 heavy (non-hydrogen) atoms. The molecule has 0 saturated carbocycles. The van der Waals surface area contributed by atoms with E-state index in [1.807, 2.05) is 48.0 Å². The Balaban J connectivity index is 2.21. The highest BCUT2D eigenvalue weighted by Crippen LogP contribution is 2.23. The Kier molecular flexibility index (Phi) is 4.20. The molecule has 1 heterocycles. The molecule has 5 nitrogen and oxygen atoms in total. The number of nitrogens with two attached hydrogens (primary N) is 2. The normalized spacial score (nSPS) is 13.9. The van der Waals surface area contributed by atoms with Crippen LogP contribution in [0, 0.1) is 0 Å². The van der Waals surface area contributed by atoms with Crippen molar-refractivity contribution in [3.8, 4) is 0 Å². The Morgan fingerprint density at radius 2 is 2.05 bits per heavy atom. The topological polar surface area (TPSA) is 86.9 Å². The van der Waals surface area contributed by atoms with Crippen molar-refractivity contribution in [3.05, 3.63) is 54.1 Å². The van der Waals surface area contributed by atoms with Crippen LogP contribution in [0.5, 0.6) is 0 Å². The standard InChI is InChI=1S/C15H20N4O/c1-2-13-18-9-11-19(13)10-8-15(17,14(16)20)12-6-4-3-5-7-12/h3-7,9,11H,2,8,10,17H2,1H3,(H2,16,20). The summed E-state index contributed by atoms with van der Waals surface area (Å²) in [6.45, 7) is 2.65. The summed E-state index contributed by atoms with van der Waals surface area (Å²) < 4.78 is 2.01. The van der Waals surface area contributed by atoms with Crippen molar-refractivity contribution in [2.24, 2.45) is 11.5 Å². The Hall–Kier alpha value is -2.14. The minimum absolute atomic E-state index is 0.440. The van der Waals surface area contributed by atoms with Gasteiger partial charge in [0.2, 0.25) is 5.91 Å². The van der Waals surface area contributed by atoms with Crippen molar-refractivity contribution in [2.45, 2.75) is 31.8 Å². The predicted molar refractivity (Wildman–Crippen MR) is 77.7 cm³/mol. The van der Waals surface area contributed by atoms with Crippen LogP contribution >= 0.6 is 0 Å². The van der Waals surface area contributed by atoms with Gasteiger partial charge in [0, 0.05) is 25.4 Å². The zero-order valence-corrected chi connectivity index (χ0v) is 11.6. The molecule has 106 valence electrons. The van der Waals surface area contributed by atoms with Gasteiger partial charge in [-0.2, -0.15) is 0 Å². The van der Waals surface area contributed by atoms with E-state index in [4.69, 9.17) is 11.5 Å². The Labute approximate surface area is 118 Å². The summed E-state index contributed by atoms with van der Waals surface area (Å²) in [6.07, 6.45) is 4.93. The number of hydrogen-bond donors (Lipinski definition) is 2. The SMILES string of the molecule is CCc1nccn1CCC(N)(C(N)=O)c1ccccc1. The second kappa shape index (κ2) is 5.88. The second-order valence-electron chi connectivity index (χ2n) is 4.84. The fourth-order valence-corrected chi connectivity index (χ4v) is 2.30. The van der Waals surface area contributed by atoms with Gasteiger partial charge in [0.1, 0.15) is 11.4 Å². The van der Waals surface area contributed by atoms with Gasteiger partial charge in [-0.3, -0.25) is 4.79 Å².